The van der Waals surface area contributed by atoms with Gasteiger partial charge in [0.1, 0.15) is 5.82 Å². The second-order valence-electron chi connectivity index (χ2n) is 7.31. The number of hydrogen-bond donors (Lipinski definition) is 1. The zero-order valence-corrected chi connectivity index (χ0v) is 17.1. The number of nitrogens with zero attached hydrogens (tertiary/aromatic N) is 2. The van der Waals surface area contributed by atoms with Gasteiger partial charge in [0.2, 0.25) is 0 Å². The van der Waals surface area contributed by atoms with Gasteiger partial charge < -0.3 is 10.2 Å². The molecule has 0 aliphatic rings. The topological polar surface area (TPSA) is 62.3 Å². The van der Waals surface area contributed by atoms with Crippen molar-refractivity contribution < 1.29 is 14.0 Å². The van der Waals surface area contributed by atoms with Crippen LogP contribution in [0.25, 0.3) is 22.2 Å². The Kier molecular flexibility index (Phi) is 5.45. The Morgan fingerprint density at radius 1 is 0.903 bits per heavy atom. The van der Waals surface area contributed by atoms with Crippen LogP contribution in [0.2, 0.25) is 0 Å². The highest BCUT2D eigenvalue weighted by molar-refractivity contribution is 6.13. The summed E-state index contributed by atoms with van der Waals surface area (Å²) in [6, 6.07) is 21.8. The lowest BCUT2D eigenvalue weighted by Gasteiger charge is -2.13. The third-order valence-corrected chi connectivity index (χ3v) is 4.87. The van der Waals surface area contributed by atoms with Crippen LogP contribution in [-0.4, -0.2) is 35.8 Å². The van der Waals surface area contributed by atoms with E-state index in [1.807, 2.05) is 24.3 Å². The van der Waals surface area contributed by atoms with Gasteiger partial charge in [-0.15, -0.1) is 0 Å². The van der Waals surface area contributed by atoms with Gasteiger partial charge in [0.15, 0.2) is 0 Å². The van der Waals surface area contributed by atoms with Gasteiger partial charge >= 0.3 is 0 Å². The lowest BCUT2D eigenvalue weighted by atomic mass is 10.0. The smallest absolute Gasteiger partial charge is 0.256 e. The summed E-state index contributed by atoms with van der Waals surface area (Å²) in [6.45, 7) is 0. The normalized spacial score (nSPS) is 10.7. The Labute approximate surface area is 179 Å². The number of pyridine rings is 1. The van der Waals surface area contributed by atoms with E-state index in [1.165, 1.54) is 17.0 Å². The summed E-state index contributed by atoms with van der Waals surface area (Å²) in [6.07, 6.45) is 0. The summed E-state index contributed by atoms with van der Waals surface area (Å²) < 4.78 is 13.3. The predicted molar refractivity (Wildman–Crippen MR) is 120 cm³/mol. The first-order valence-corrected chi connectivity index (χ1v) is 9.71. The largest absolute Gasteiger partial charge is 0.345 e. The van der Waals surface area contributed by atoms with E-state index in [-0.39, 0.29) is 17.6 Å². The molecule has 0 atom stereocenters. The van der Waals surface area contributed by atoms with E-state index in [9.17, 15) is 14.0 Å². The van der Waals surface area contributed by atoms with Crippen LogP contribution < -0.4 is 5.32 Å². The van der Waals surface area contributed by atoms with E-state index in [0.717, 1.165) is 0 Å². The van der Waals surface area contributed by atoms with Crippen molar-refractivity contribution in [1.29, 1.82) is 0 Å². The van der Waals surface area contributed by atoms with Crippen molar-refractivity contribution in [3.05, 3.63) is 95.8 Å². The lowest BCUT2D eigenvalue weighted by Crippen LogP contribution is -2.22. The fraction of sp³-hybridized carbons (Fsp3) is 0.0800. The Morgan fingerprint density at radius 2 is 1.65 bits per heavy atom. The number of anilines is 1. The minimum absolute atomic E-state index is 0.149. The molecule has 0 bridgehead atoms. The summed E-state index contributed by atoms with van der Waals surface area (Å²) >= 11 is 0. The molecule has 1 aromatic heterocycles. The molecule has 6 heteroatoms. The van der Waals surface area contributed by atoms with Crippen molar-refractivity contribution in [2.45, 2.75) is 0 Å². The van der Waals surface area contributed by atoms with Gasteiger partial charge in [-0.3, -0.25) is 9.59 Å². The summed E-state index contributed by atoms with van der Waals surface area (Å²) in [4.78, 5) is 31.5. The number of fused-ring (bicyclic) bond motifs is 1. The molecule has 5 nitrogen and oxygen atoms in total. The third-order valence-electron chi connectivity index (χ3n) is 4.87. The molecular formula is C25H20FN3O2. The molecule has 31 heavy (non-hydrogen) atoms. The van der Waals surface area contributed by atoms with E-state index in [2.05, 4.69) is 10.3 Å². The average Bonchev–Trinajstić information content (AvgIpc) is 2.78. The number of hydrogen-bond acceptors (Lipinski definition) is 3. The highest BCUT2D eigenvalue weighted by Gasteiger charge is 2.15. The monoisotopic (exact) mass is 413 g/mol. The maximum atomic E-state index is 13.3. The van der Waals surface area contributed by atoms with Crippen molar-refractivity contribution in [3.63, 3.8) is 0 Å². The Balaban J connectivity index is 1.73. The molecule has 0 saturated carbocycles. The average molecular weight is 413 g/mol. The quantitative estimate of drug-likeness (QED) is 0.512. The zero-order valence-electron chi connectivity index (χ0n) is 17.1. The van der Waals surface area contributed by atoms with E-state index in [4.69, 9.17) is 0 Å². The Bertz CT molecular complexity index is 1280. The molecular weight excluding hydrogens is 393 g/mol. The number of carbonyl (C=O) groups is 2. The number of para-hydroxylation sites is 1. The minimum Gasteiger partial charge on any atom is -0.345 e. The van der Waals surface area contributed by atoms with Gasteiger partial charge in [-0.1, -0.05) is 24.3 Å². The van der Waals surface area contributed by atoms with E-state index >= 15 is 0 Å². The van der Waals surface area contributed by atoms with Gasteiger partial charge in [-0.25, -0.2) is 9.37 Å². The van der Waals surface area contributed by atoms with Crippen LogP contribution in [0.15, 0.2) is 78.9 Å². The maximum absolute atomic E-state index is 13.3. The molecule has 0 unspecified atom stereocenters. The lowest BCUT2D eigenvalue weighted by molar-refractivity contribution is 0.0827. The second-order valence-corrected chi connectivity index (χ2v) is 7.31. The van der Waals surface area contributed by atoms with Crippen LogP contribution in [0.4, 0.5) is 10.1 Å². The zero-order chi connectivity index (χ0) is 22.0. The Morgan fingerprint density at radius 3 is 2.39 bits per heavy atom. The van der Waals surface area contributed by atoms with E-state index in [0.29, 0.717) is 39.0 Å². The molecule has 1 N–H and O–H groups in total. The van der Waals surface area contributed by atoms with Crippen LogP contribution in [0.3, 0.4) is 0 Å². The van der Waals surface area contributed by atoms with Crippen molar-refractivity contribution in [2.24, 2.45) is 0 Å². The number of benzene rings is 3. The molecule has 3 aromatic carbocycles. The molecule has 0 radical (unpaired) electrons. The summed E-state index contributed by atoms with van der Waals surface area (Å²) in [5.41, 5.74) is 3.37. The van der Waals surface area contributed by atoms with Crippen molar-refractivity contribution in [1.82, 2.24) is 9.88 Å². The standard InChI is InChI=1S/C25H20FN3O2/c1-29(2)25(31)17-6-5-7-19(14-17)27-24(30)21-15-23(16-10-12-18(26)13-11-16)28-22-9-4-3-8-20(21)22/h3-15H,1-2H3,(H,27,30). The highest BCUT2D eigenvalue weighted by Crippen LogP contribution is 2.26. The summed E-state index contributed by atoms with van der Waals surface area (Å²) in [5, 5.41) is 3.58. The highest BCUT2D eigenvalue weighted by atomic mass is 19.1. The maximum Gasteiger partial charge on any atom is 0.256 e. The first-order valence-electron chi connectivity index (χ1n) is 9.71. The molecule has 0 aliphatic carbocycles. The van der Waals surface area contributed by atoms with Crippen LogP contribution in [0.5, 0.6) is 0 Å². The summed E-state index contributed by atoms with van der Waals surface area (Å²) in [5.74, 6) is -0.810. The summed E-state index contributed by atoms with van der Waals surface area (Å²) in [7, 11) is 3.35. The van der Waals surface area contributed by atoms with Crippen LogP contribution in [0.1, 0.15) is 20.7 Å². The van der Waals surface area contributed by atoms with Crippen LogP contribution in [-0.2, 0) is 0 Å². The minimum atomic E-state index is -0.338. The first-order chi connectivity index (χ1) is 14.9. The van der Waals surface area contributed by atoms with Crippen LogP contribution in [0, 0.1) is 5.82 Å². The second kappa shape index (κ2) is 8.36. The van der Waals surface area contributed by atoms with E-state index < -0.39 is 0 Å². The van der Waals surface area contributed by atoms with Crippen molar-refractivity contribution in [3.8, 4) is 11.3 Å². The third kappa shape index (κ3) is 4.28. The number of halogens is 1. The SMILES string of the molecule is CN(C)C(=O)c1cccc(NC(=O)c2cc(-c3ccc(F)cc3)nc3ccccc23)c1. The van der Waals surface area contributed by atoms with Crippen molar-refractivity contribution in [2.75, 3.05) is 19.4 Å². The first kappa shape index (κ1) is 20.2. The van der Waals surface area contributed by atoms with Crippen LogP contribution >= 0.6 is 0 Å². The molecule has 154 valence electrons. The fourth-order valence-corrected chi connectivity index (χ4v) is 3.32. The van der Waals surface area contributed by atoms with Gasteiger partial charge in [-0.2, -0.15) is 0 Å². The number of nitrogens with one attached hydrogen (secondary N) is 1. The molecule has 0 aliphatic heterocycles. The molecule has 2 amide bonds. The number of carbonyl (C=O) groups excluding carboxylic acids is 2. The van der Waals surface area contributed by atoms with Gasteiger partial charge in [0.05, 0.1) is 16.8 Å². The number of aromatic nitrogens is 1. The fourth-order valence-electron chi connectivity index (χ4n) is 3.32. The van der Waals surface area contributed by atoms with Gasteiger partial charge in [0.25, 0.3) is 11.8 Å². The predicted octanol–water partition coefficient (Wildman–Crippen LogP) is 5.00. The molecule has 1 heterocycles. The van der Waals surface area contributed by atoms with Crippen molar-refractivity contribution >= 4 is 28.4 Å². The molecule has 0 fully saturated rings. The molecule has 0 saturated heterocycles. The molecule has 4 aromatic rings. The number of rotatable bonds is 4. The molecule has 0 spiro atoms. The van der Waals surface area contributed by atoms with Gasteiger partial charge in [-0.05, 0) is 54.6 Å². The Hall–Kier alpha value is -4.06. The number of amides is 2. The molecule has 4 rings (SSSR count). The van der Waals surface area contributed by atoms with E-state index in [1.54, 1.807) is 56.6 Å². The van der Waals surface area contributed by atoms with Gasteiger partial charge in [0, 0.05) is 36.3 Å².